The van der Waals surface area contributed by atoms with E-state index >= 15 is 0 Å². The van der Waals surface area contributed by atoms with Crippen molar-refractivity contribution in [2.24, 2.45) is 0 Å². The molecule has 1 heterocycles. The van der Waals surface area contributed by atoms with Gasteiger partial charge in [0.15, 0.2) is 0 Å². The molecule has 102 valence electrons. The molecule has 0 aliphatic rings. The summed E-state index contributed by atoms with van der Waals surface area (Å²) in [5, 5.41) is 4.01. The molecule has 1 aromatic carbocycles. The van der Waals surface area contributed by atoms with Gasteiger partial charge in [-0.3, -0.25) is 9.40 Å². The number of rotatable bonds is 4. The van der Waals surface area contributed by atoms with Gasteiger partial charge in [0.2, 0.25) is 0 Å². The van der Waals surface area contributed by atoms with E-state index in [-0.39, 0.29) is 4.90 Å². The van der Waals surface area contributed by atoms with Crippen molar-refractivity contribution in [3.05, 3.63) is 36.2 Å². The molecule has 19 heavy (non-hydrogen) atoms. The van der Waals surface area contributed by atoms with E-state index in [0.29, 0.717) is 17.9 Å². The summed E-state index contributed by atoms with van der Waals surface area (Å²) >= 11 is 0. The first-order valence-corrected chi connectivity index (χ1v) is 7.32. The number of nitrogens with zero attached hydrogens (tertiary/aromatic N) is 2. The van der Waals surface area contributed by atoms with Crippen molar-refractivity contribution in [2.45, 2.75) is 25.3 Å². The summed E-state index contributed by atoms with van der Waals surface area (Å²) in [6.45, 7) is 4.38. The quantitative estimate of drug-likeness (QED) is 0.832. The molecule has 0 fully saturated rings. The van der Waals surface area contributed by atoms with E-state index in [9.17, 15) is 8.42 Å². The fourth-order valence-electron chi connectivity index (χ4n) is 1.62. The highest BCUT2D eigenvalue weighted by Crippen LogP contribution is 2.19. The third-order valence-electron chi connectivity index (χ3n) is 2.76. The zero-order valence-corrected chi connectivity index (χ0v) is 11.6. The lowest BCUT2D eigenvalue weighted by atomic mass is 10.2. The lowest BCUT2D eigenvalue weighted by Gasteiger charge is -2.07. The first kappa shape index (κ1) is 13.4. The lowest BCUT2D eigenvalue weighted by Crippen LogP contribution is -2.13. The molecule has 0 spiro atoms. The fourth-order valence-corrected chi connectivity index (χ4v) is 2.73. The maximum atomic E-state index is 12.2. The van der Waals surface area contributed by atoms with Crippen LogP contribution in [0.2, 0.25) is 0 Å². The van der Waals surface area contributed by atoms with Gasteiger partial charge in [-0.2, -0.15) is 5.10 Å². The van der Waals surface area contributed by atoms with Crippen LogP contribution >= 0.6 is 0 Å². The van der Waals surface area contributed by atoms with Crippen molar-refractivity contribution in [3.8, 4) is 0 Å². The van der Waals surface area contributed by atoms with E-state index in [2.05, 4.69) is 9.82 Å². The second kappa shape index (κ2) is 4.93. The van der Waals surface area contributed by atoms with Gasteiger partial charge in [0.05, 0.1) is 16.8 Å². The third kappa shape index (κ3) is 2.87. The van der Waals surface area contributed by atoms with E-state index in [1.165, 1.54) is 12.3 Å². The predicted octanol–water partition coefficient (Wildman–Crippen LogP) is 1.59. The Morgan fingerprint density at radius 1 is 1.42 bits per heavy atom. The van der Waals surface area contributed by atoms with Crippen LogP contribution in [0.4, 0.5) is 11.4 Å². The molecule has 0 radical (unpaired) electrons. The molecule has 0 unspecified atom stereocenters. The predicted molar refractivity (Wildman–Crippen MR) is 74.3 cm³/mol. The number of benzene rings is 1. The number of sulfonamides is 1. The average molecular weight is 280 g/mol. The minimum Gasteiger partial charge on any atom is -0.399 e. The van der Waals surface area contributed by atoms with Gasteiger partial charge in [-0.15, -0.1) is 0 Å². The molecule has 0 aliphatic carbocycles. The molecule has 3 N–H and O–H groups in total. The summed E-state index contributed by atoms with van der Waals surface area (Å²) in [4.78, 5) is 0.184. The van der Waals surface area contributed by atoms with Gasteiger partial charge in [0.25, 0.3) is 10.0 Å². The van der Waals surface area contributed by atoms with Crippen molar-refractivity contribution in [1.82, 2.24) is 9.78 Å². The first-order valence-electron chi connectivity index (χ1n) is 5.84. The molecule has 0 atom stereocenters. The maximum Gasteiger partial charge on any atom is 0.262 e. The van der Waals surface area contributed by atoms with E-state index in [1.807, 2.05) is 6.92 Å². The van der Waals surface area contributed by atoms with Crippen LogP contribution in [0.3, 0.4) is 0 Å². The second-order valence-electron chi connectivity index (χ2n) is 4.21. The number of nitrogens with one attached hydrogen (secondary N) is 1. The molecule has 2 aromatic rings. The largest absolute Gasteiger partial charge is 0.399 e. The Morgan fingerprint density at radius 3 is 2.74 bits per heavy atom. The van der Waals surface area contributed by atoms with Gasteiger partial charge in [0.1, 0.15) is 0 Å². The Bertz CT molecular complexity index is 692. The highest BCUT2D eigenvalue weighted by atomic mass is 32.2. The van der Waals surface area contributed by atoms with E-state index in [0.717, 1.165) is 5.56 Å². The highest BCUT2D eigenvalue weighted by molar-refractivity contribution is 7.92. The molecule has 1 aromatic heterocycles. The van der Waals surface area contributed by atoms with Crippen molar-refractivity contribution >= 4 is 21.4 Å². The normalized spacial score (nSPS) is 11.5. The van der Waals surface area contributed by atoms with Crippen molar-refractivity contribution in [3.63, 3.8) is 0 Å². The summed E-state index contributed by atoms with van der Waals surface area (Å²) < 4.78 is 28.5. The standard InChI is InChI=1S/C12H16N4O2S/c1-3-16-8-10(7-14-16)15-19(17,18)11-4-5-12(13)9(2)6-11/h4-8,15H,3,13H2,1-2H3. The topological polar surface area (TPSA) is 90.0 Å². The highest BCUT2D eigenvalue weighted by Gasteiger charge is 2.15. The second-order valence-corrected chi connectivity index (χ2v) is 5.89. The Kier molecular flexibility index (Phi) is 3.48. The molecule has 0 bridgehead atoms. The molecular weight excluding hydrogens is 264 g/mol. The summed E-state index contributed by atoms with van der Waals surface area (Å²) in [6, 6.07) is 4.61. The van der Waals surface area contributed by atoms with E-state index in [4.69, 9.17) is 5.73 Å². The number of hydrogen-bond donors (Lipinski definition) is 2. The van der Waals surface area contributed by atoms with Crippen LogP contribution in [-0.2, 0) is 16.6 Å². The van der Waals surface area contributed by atoms with Gasteiger partial charge in [-0.25, -0.2) is 8.42 Å². The van der Waals surface area contributed by atoms with E-state index in [1.54, 1.807) is 29.9 Å². The SMILES string of the molecule is CCn1cc(NS(=O)(=O)c2ccc(N)c(C)c2)cn1. The summed E-state index contributed by atoms with van der Waals surface area (Å²) in [5.74, 6) is 0. The molecule has 7 heteroatoms. The van der Waals surface area contributed by atoms with Gasteiger partial charge in [0, 0.05) is 18.4 Å². The minimum absolute atomic E-state index is 0.184. The zero-order chi connectivity index (χ0) is 14.0. The molecular formula is C12H16N4O2S. The Hall–Kier alpha value is -2.02. The van der Waals surface area contributed by atoms with Gasteiger partial charge < -0.3 is 5.73 Å². The zero-order valence-electron chi connectivity index (χ0n) is 10.8. The molecule has 2 rings (SSSR count). The van der Waals surface area contributed by atoms with Crippen LogP contribution in [0.1, 0.15) is 12.5 Å². The molecule has 0 aliphatic heterocycles. The monoisotopic (exact) mass is 280 g/mol. The summed E-state index contributed by atoms with van der Waals surface area (Å²) in [7, 11) is -3.61. The Balaban J connectivity index is 2.29. The smallest absolute Gasteiger partial charge is 0.262 e. The van der Waals surface area contributed by atoms with Crippen LogP contribution in [0.5, 0.6) is 0 Å². The van der Waals surface area contributed by atoms with Crippen LogP contribution in [-0.4, -0.2) is 18.2 Å². The first-order chi connectivity index (χ1) is 8.92. The van der Waals surface area contributed by atoms with Gasteiger partial charge in [-0.05, 0) is 37.6 Å². The number of aryl methyl sites for hydroxylation is 2. The fraction of sp³-hybridized carbons (Fsp3) is 0.250. The third-order valence-corrected chi connectivity index (χ3v) is 4.14. The number of nitrogens with two attached hydrogens (primary N) is 1. The molecule has 6 nitrogen and oxygen atoms in total. The van der Waals surface area contributed by atoms with Crippen LogP contribution in [0.15, 0.2) is 35.5 Å². The lowest BCUT2D eigenvalue weighted by molar-refractivity contribution is 0.601. The number of aromatic nitrogens is 2. The van der Waals surface area contributed by atoms with E-state index < -0.39 is 10.0 Å². The summed E-state index contributed by atoms with van der Waals surface area (Å²) in [6.07, 6.45) is 3.12. The molecule has 0 saturated carbocycles. The molecule has 0 amide bonds. The van der Waals surface area contributed by atoms with Crippen LogP contribution in [0.25, 0.3) is 0 Å². The number of nitrogen functional groups attached to an aromatic ring is 1. The Labute approximate surface area is 112 Å². The number of anilines is 2. The van der Waals surface area contributed by atoms with Crippen molar-refractivity contribution < 1.29 is 8.42 Å². The van der Waals surface area contributed by atoms with Gasteiger partial charge >= 0.3 is 0 Å². The maximum absolute atomic E-state index is 12.2. The van der Waals surface area contributed by atoms with Crippen LogP contribution in [0, 0.1) is 6.92 Å². The number of hydrogen-bond acceptors (Lipinski definition) is 4. The van der Waals surface area contributed by atoms with Gasteiger partial charge in [-0.1, -0.05) is 0 Å². The van der Waals surface area contributed by atoms with Crippen molar-refractivity contribution in [1.29, 1.82) is 0 Å². The minimum atomic E-state index is -3.61. The van der Waals surface area contributed by atoms with Crippen LogP contribution < -0.4 is 10.5 Å². The summed E-state index contributed by atoms with van der Waals surface area (Å²) in [5.41, 5.74) is 7.41. The molecule has 0 saturated heterocycles. The van der Waals surface area contributed by atoms with Crippen molar-refractivity contribution in [2.75, 3.05) is 10.5 Å². The Morgan fingerprint density at radius 2 is 2.16 bits per heavy atom. The average Bonchev–Trinajstić information content (AvgIpc) is 2.79.